The van der Waals surface area contributed by atoms with E-state index in [1.54, 1.807) is 44.4 Å². The lowest BCUT2D eigenvalue weighted by atomic mass is 9.93. The van der Waals surface area contributed by atoms with Crippen LogP contribution in [0.5, 0.6) is 0 Å². The first-order valence-corrected chi connectivity index (χ1v) is 17.8. The summed E-state index contributed by atoms with van der Waals surface area (Å²) in [4.78, 5) is 12.3. The molecule has 4 rings (SSSR count). The second kappa shape index (κ2) is 40.6. The van der Waals surface area contributed by atoms with Gasteiger partial charge in [-0.2, -0.15) is 0 Å². The van der Waals surface area contributed by atoms with E-state index in [1.165, 1.54) is 50.9 Å². The van der Waals surface area contributed by atoms with Gasteiger partial charge in [0.15, 0.2) is 0 Å². The summed E-state index contributed by atoms with van der Waals surface area (Å²) in [6.07, 6.45) is 14.8. The van der Waals surface area contributed by atoms with Gasteiger partial charge >= 0.3 is 5.97 Å². The topological polar surface area (TPSA) is 93.0 Å². The van der Waals surface area contributed by atoms with Crippen LogP contribution < -0.4 is 5.32 Å². The number of nitrogens with zero attached hydrogens (tertiary/aromatic N) is 1. The Hall–Kier alpha value is -1.60. The van der Waals surface area contributed by atoms with Gasteiger partial charge in [0.2, 0.25) is 0 Å². The molecule has 4 aliphatic rings. The SMILES string of the molecule is C.C.C.C.C1=CC2=C(C1)CNC2.CC(C)(C)CCO.CC(C)(C)CN1CC2=C(CC=C2)C1.CC(C)C.CC(C)C(=O)O.CC(C)O.CCCC.[B].[B]. The Bertz CT molecular complexity index is 897. The third kappa shape index (κ3) is 50.5. The van der Waals surface area contributed by atoms with Crippen molar-refractivity contribution >= 4 is 22.8 Å². The fourth-order valence-corrected chi connectivity index (χ4v) is 3.92. The normalized spacial score (nSPS) is 14.2. The zero-order valence-electron chi connectivity index (χ0n) is 34.2. The number of aliphatic hydroxyl groups is 2. The highest BCUT2D eigenvalue weighted by Gasteiger charge is 2.25. The number of aliphatic carboxylic acids is 1. The molecule has 2 aliphatic carbocycles. The average molecular weight is 737 g/mol. The molecule has 0 fully saturated rings. The first kappa shape index (κ1) is 71.8. The largest absolute Gasteiger partial charge is 0.481 e. The molecular weight excluding hydrogens is 642 g/mol. The fraction of sp³-hybridized carbons (Fsp3) is 0.795. The van der Waals surface area contributed by atoms with Gasteiger partial charge in [0.25, 0.3) is 0 Å². The minimum absolute atomic E-state index is 0. The zero-order chi connectivity index (χ0) is 36.5. The molecule has 0 atom stereocenters. The van der Waals surface area contributed by atoms with Crippen LogP contribution in [-0.2, 0) is 4.79 Å². The van der Waals surface area contributed by atoms with Crippen molar-refractivity contribution in [3.8, 4) is 0 Å². The lowest BCUT2D eigenvalue weighted by molar-refractivity contribution is -0.140. The Labute approximate surface area is 332 Å². The zero-order valence-corrected chi connectivity index (χ0v) is 34.2. The summed E-state index contributed by atoms with van der Waals surface area (Å²) in [5.41, 5.74) is 7.11. The minimum atomic E-state index is -0.741. The van der Waals surface area contributed by atoms with Crippen LogP contribution in [0.4, 0.5) is 0 Å². The lowest BCUT2D eigenvalue weighted by Gasteiger charge is -2.26. The number of carboxylic acid groups (broad SMARTS) is 1. The molecule has 0 bridgehead atoms. The molecular formula is C44H94B2N2O4. The van der Waals surface area contributed by atoms with Crippen LogP contribution >= 0.6 is 0 Å². The predicted molar refractivity (Wildman–Crippen MR) is 241 cm³/mol. The number of carbonyl (C=O) groups is 1. The number of carboxylic acids is 1. The van der Waals surface area contributed by atoms with Gasteiger partial charge in [0.1, 0.15) is 0 Å². The van der Waals surface area contributed by atoms with Crippen molar-refractivity contribution in [1.29, 1.82) is 0 Å². The van der Waals surface area contributed by atoms with Gasteiger partial charge in [-0.05, 0) is 72.2 Å². The Morgan fingerprint density at radius 1 is 0.750 bits per heavy atom. The maximum atomic E-state index is 9.70. The standard InChI is InChI=1S/C12H19N.C7H9N.C6H14O.C4H8O2.2C4H10.C3H8O.4CH4.2B/c1-12(2,3)9-13-7-10-5-4-6-11(10)8-13;1-2-6-4-8-5-7(6)3-1;1-6(2,3)4-5-7;1-3(2)4(5)6;1-4(2)3;1-3-4-2;1-3(2)4;;;;;;/h4-5H,6-9H2,1-3H3;1-2,8H,3-5H2;7H,4-5H2,1-3H3;3H,1-2H3,(H,5,6);4H,1-3H3;3-4H2,1-2H3;3-4H,1-2H3;4*1H4;;. The van der Waals surface area contributed by atoms with E-state index in [9.17, 15) is 4.79 Å². The van der Waals surface area contributed by atoms with Crippen molar-refractivity contribution in [2.75, 3.05) is 39.3 Å². The molecule has 0 saturated heterocycles. The molecule has 2 aliphatic heterocycles. The third-order valence-electron chi connectivity index (χ3n) is 6.29. The van der Waals surface area contributed by atoms with Gasteiger partial charge in [-0.25, -0.2) is 0 Å². The van der Waals surface area contributed by atoms with Gasteiger partial charge in [-0.1, -0.05) is 157 Å². The molecule has 0 saturated carbocycles. The first-order chi connectivity index (χ1) is 21.1. The van der Waals surface area contributed by atoms with E-state index in [-0.39, 0.29) is 58.6 Å². The van der Waals surface area contributed by atoms with Crippen molar-refractivity contribution in [1.82, 2.24) is 10.2 Å². The summed E-state index contributed by atoms with van der Waals surface area (Å²) in [6.45, 7) is 37.0. The van der Waals surface area contributed by atoms with Crippen LogP contribution in [-0.4, -0.2) is 88.4 Å². The third-order valence-corrected chi connectivity index (χ3v) is 6.29. The van der Waals surface area contributed by atoms with Crippen LogP contribution in [0.3, 0.4) is 0 Å². The number of hydrogen-bond acceptors (Lipinski definition) is 5. The molecule has 6 nitrogen and oxygen atoms in total. The van der Waals surface area contributed by atoms with Crippen molar-refractivity contribution in [3.63, 3.8) is 0 Å². The summed E-state index contributed by atoms with van der Waals surface area (Å²) in [5.74, 6) is -0.139. The minimum Gasteiger partial charge on any atom is -0.481 e. The average Bonchev–Trinajstić information content (AvgIpc) is 3.65. The fourth-order valence-electron chi connectivity index (χ4n) is 3.92. The van der Waals surface area contributed by atoms with Crippen LogP contribution in [0.1, 0.15) is 166 Å². The first-order valence-electron chi connectivity index (χ1n) is 17.8. The van der Waals surface area contributed by atoms with E-state index in [2.05, 4.69) is 111 Å². The van der Waals surface area contributed by atoms with E-state index in [4.69, 9.17) is 15.3 Å². The summed E-state index contributed by atoms with van der Waals surface area (Å²) in [7, 11) is 0. The number of unbranched alkanes of at least 4 members (excludes halogenated alkanes) is 1. The number of allylic oxidation sites excluding steroid dienone is 2. The maximum Gasteiger partial charge on any atom is 0.305 e. The quantitative estimate of drug-likeness (QED) is 0.215. The van der Waals surface area contributed by atoms with E-state index >= 15 is 0 Å². The number of rotatable bonds is 4. The van der Waals surface area contributed by atoms with Crippen LogP contribution in [0.2, 0.25) is 0 Å². The number of nitrogens with one attached hydrogen (secondary N) is 1. The number of aliphatic hydroxyl groups excluding tert-OH is 2. The molecule has 0 aromatic heterocycles. The molecule has 52 heavy (non-hydrogen) atoms. The van der Waals surface area contributed by atoms with Crippen molar-refractivity contribution < 1.29 is 20.1 Å². The molecule has 0 aromatic carbocycles. The van der Waals surface area contributed by atoms with Gasteiger partial charge in [0, 0.05) is 62.3 Å². The van der Waals surface area contributed by atoms with E-state index in [0.29, 0.717) is 17.4 Å². The second-order valence-corrected chi connectivity index (χ2v) is 16.1. The summed E-state index contributed by atoms with van der Waals surface area (Å²) < 4.78 is 0. The molecule has 4 N–H and O–H groups in total. The van der Waals surface area contributed by atoms with E-state index in [1.807, 2.05) is 0 Å². The van der Waals surface area contributed by atoms with Crippen molar-refractivity contribution in [2.24, 2.45) is 22.7 Å². The van der Waals surface area contributed by atoms with Gasteiger partial charge in [0.05, 0.1) is 5.92 Å². The Kier molecular flexibility index (Phi) is 56.0. The highest BCUT2D eigenvalue weighted by molar-refractivity contribution is 5.76. The molecule has 8 heteroatoms. The molecule has 0 aromatic rings. The van der Waals surface area contributed by atoms with Crippen LogP contribution in [0, 0.1) is 22.7 Å². The van der Waals surface area contributed by atoms with Crippen LogP contribution in [0.15, 0.2) is 46.6 Å². The van der Waals surface area contributed by atoms with E-state index < -0.39 is 5.97 Å². The van der Waals surface area contributed by atoms with Crippen molar-refractivity contribution in [3.05, 3.63) is 46.6 Å². The summed E-state index contributed by atoms with van der Waals surface area (Å²) in [6, 6.07) is 0. The summed E-state index contributed by atoms with van der Waals surface area (Å²) in [5, 5.41) is 27.7. The molecule has 0 amide bonds. The molecule has 310 valence electrons. The molecule has 0 spiro atoms. The van der Waals surface area contributed by atoms with Gasteiger partial charge in [-0.3, -0.25) is 9.69 Å². The maximum absolute atomic E-state index is 9.70. The number of hydrogen-bond donors (Lipinski definition) is 4. The van der Waals surface area contributed by atoms with Crippen LogP contribution in [0.25, 0.3) is 0 Å². The van der Waals surface area contributed by atoms with Crippen molar-refractivity contribution in [2.45, 2.75) is 172 Å². The lowest BCUT2D eigenvalue weighted by Crippen LogP contribution is -2.31. The molecule has 6 radical (unpaired) electrons. The van der Waals surface area contributed by atoms with Gasteiger partial charge < -0.3 is 20.6 Å². The molecule has 0 unspecified atom stereocenters. The molecule has 2 heterocycles. The Morgan fingerprint density at radius 2 is 1.13 bits per heavy atom. The smallest absolute Gasteiger partial charge is 0.305 e. The monoisotopic (exact) mass is 737 g/mol. The summed E-state index contributed by atoms with van der Waals surface area (Å²) >= 11 is 0. The Morgan fingerprint density at radius 3 is 1.40 bits per heavy atom. The highest BCUT2D eigenvalue weighted by atomic mass is 16.4. The Balaban J connectivity index is -0.0000000610. The van der Waals surface area contributed by atoms with E-state index in [0.717, 1.165) is 25.4 Å². The second-order valence-electron chi connectivity index (χ2n) is 16.1. The van der Waals surface area contributed by atoms with Gasteiger partial charge in [-0.15, -0.1) is 0 Å². The highest BCUT2D eigenvalue weighted by Crippen LogP contribution is 2.29. The predicted octanol–water partition coefficient (Wildman–Crippen LogP) is 11.2.